The van der Waals surface area contributed by atoms with Crippen LogP contribution in [0.4, 0.5) is 0 Å². The zero-order valence-corrected chi connectivity index (χ0v) is 11.4. The van der Waals surface area contributed by atoms with Gasteiger partial charge in [0.25, 0.3) is 5.56 Å². The van der Waals surface area contributed by atoms with Crippen molar-refractivity contribution in [3.63, 3.8) is 0 Å². The summed E-state index contributed by atoms with van der Waals surface area (Å²) in [6.07, 6.45) is 0.0429. The minimum Gasteiger partial charge on any atom is -0.504 e. The van der Waals surface area contributed by atoms with E-state index in [4.69, 9.17) is 9.47 Å². The highest BCUT2D eigenvalue weighted by molar-refractivity contribution is 5.88. The van der Waals surface area contributed by atoms with Crippen molar-refractivity contribution in [2.75, 3.05) is 7.11 Å². The number of aryl methyl sites for hydroxylation is 1. The number of fused-ring (bicyclic) bond motifs is 1. The molecular weight excluding hydrogens is 246 g/mol. The van der Waals surface area contributed by atoms with E-state index in [2.05, 4.69) is 0 Å². The third kappa shape index (κ3) is 2.23. The molecule has 0 aliphatic heterocycles. The second kappa shape index (κ2) is 4.84. The molecule has 102 valence electrons. The van der Waals surface area contributed by atoms with Gasteiger partial charge in [-0.3, -0.25) is 4.79 Å². The van der Waals surface area contributed by atoms with Crippen LogP contribution in [0.1, 0.15) is 13.8 Å². The van der Waals surface area contributed by atoms with Crippen LogP contribution in [0.15, 0.2) is 23.0 Å². The van der Waals surface area contributed by atoms with Crippen molar-refractivity contribution in [2.45, 2.75) is 20.0 Å². The predicted octanol–water partition coefficient (Wildman–Crippen LogP) is 2.04. The Hall–Kier alpha value is -2.17. The molecule has 0 aliphatic carbocycles. The lowest BCUT2D eigenvalue weighted by molar-refractivity contribution is 0.242. The molecule has 0 unspecified atom stereocenters. The summed E-state index contributed by atoms with van der Waals surface area (Å²) in [7, 11) is 2.99. The lowest BCUT2D eigenvalue weighted by atomic mass is 10.1. The highest BCUT2D eigenvalue weighted by Gasteiger charge is 2.15. The largest absolute Gasteiger partial charge is 0.504 e. The number of hydrogen-bond donors (Lipinski definition) is 1. The Morgan fingerprint density at radius 3 is 2.58 bits per heavy atom. The highest BCUT2D eigenvalue weighted by atomic mass is 16.5. The Morgan fingerprint density at radius 1 is 1.32 bits per heavy atom. The van der Waals surface area contributed by atoms with Gasteiger partial charge in [0.1, 0.15) is 5.75 Å². The summed E-state index contributed by atoms with van der Waals surface area (Å²) in [5.74, 6) is 0.464. The number of ether oxygens (including phenoxy) is 2. The summed E-state index contributed by atoms with van der Waals surface area (Å²) in [4.78, 5) is 12.0. The quantitative estimate of drug-likeness (QED) is 0.920. The van der Waals surface area contributed by atoms with E-state index in [1.165, 1.54) is 11.7 Å². The Balaban J connectivity index is 2.74. The first-order valence-corrected chi connectivity index (χ1v) is 6.02. The molecular formula is C14H17NO4. The Labute approximate surface area is 111 Å². The molecule has 1 N–H and O–H groups in total. The molecule has 1 aromatic heterocycles. The number of hydrogen-bond acceptors (Lipinski definition) is 4. The molecule has 0 bridgehead atoms. The van der Waals surface area contributed by atoms with Crippen molar-refractivity contribution in [3.05, 3.63) is 28.6 Å². The van der Waals surface area contributed by atoms with Gasteiger partial charge in [-0.1, -0.05) is 0 Å². The average molecular weight is 263 g/mol. The van der Waals surface area contributed by atoms with E-state index in [1.807, 2.05) is 13.8 Å². The zero-order valence-electron chi connectivity index (χ0n) is 11.4. The molecule has 0 fully saturated rings. The van der Waals surface area contributed by atoms with Gasteiger partial charge in [-0.2, -0.15) is 0 Å². The summed E-state index contributed by atoms with van der Waals surface area (Å²) in [5, 5.41) is 10.6. The maximum Gasteiger partial charge on any atom is 0.297 e. The van der Waals surface area contributed by atoms with E-state index in [0.717, 1.165) is 0 Å². The van der Waals surface area contributed by atoms with Crippen LogP contribution in [0.2, 0.25) is 0 Å². The van der Waals surface area contributed by atoms with Gasteiger partial charge < -0.3 is 19.1 Å². The van der Waals surface area contributed by atoms with Gasteiger partial charge in [-0.15, -0.1) is 0 Å². The van der Waals surface area contributed by atoms with Crippen LogP contribution in [0.25, 0.3) is 10.9 Å². The van der Waals surface area contributed by atoms with Gasteiger partial charge >= 0.3 is 0 Å². The third-order valence-electron chi connectivity index (χ3n) is 2.88. The number of aromatic hydroxyl groups is 1. The van der Waals surface area contributed by atoms with E-state index in [9.17, 15) is 9.90 Å². The van der Waals surface area contributed by atoms with E-state index in [0.29, 0.717) is 16.7 Å². The number of aromatic nitrogens is 1. The van der Waals surface area contributed by atoms with Crippen molar-refractivity contribution in [1.82, 2.24) is 4.57 Å². The van der Waals surface area contributed by atoms with E-state index < -0.39 is 0 Å². The van der Waals surface area contributed by atoms with Crippen LogP contribution in [0.5, 0.6) is 17.2 Å². The van der Waals surface area contributed by atoms with Crippen LogP contribution in [0, 0.1) is 0 Å². The number of pyridine rings is 1. The fraction of sp³-hybridized carbons (Fsp3) is 0.357. The van der Waals surface area contributed by atoms with Crippen LogP contribution >= 0.6 is 0 Å². The summed E-state index contributed by atoms with van der Waals surface area (Å²) in [5.41, 5.74) is 0.218. The summed E-state index contributed by atoms with van der Waals surface area (Å²) >= 11 is 0. The molecule has 2 rings (SSSR count). The molecule has 1 heterocycles. The minimum absolute atomic E-state index is 0.0429. The second-order valence-corrected chi connectivity index (χ2v) is 4.59. The molecule has 19 heavy (non-hydrogen) atoms. The fourth-order valence-corrected chi connectivity index (χ4v) is 2.00. The summed E-state index contributed by atoms with van der Waals surface area (Å²) in [6, 6.07) is 5.20. The summed E-state index contributed by atoms with van der Waals surface area (Å²) < 4.78 is 12.0. The van der Waals surface area contributed by atoms with Gasteiger partial charge in [-0.25, -0.2) is 0 Å². The smallest absolute Gasteiger partial charge is 0.297 e. The van der Waals surface area contributed by atoms with Gasteiger partial charge in [0.2, 0.25) is 5.75 Å². The molecule has 0 saturated carbocycles. The maximum absolute atomic E-state index is 12.0. The molecule has 0 atom stereocenters. The number of nitrogens with zero attached hydrogens (tertiary/aromatic N) is 1. The van der Waals surface area contributed by atoms with Crippen molar-refractivity contribution in [2.24, 2.45) is 7.05 Å². The average Bonchev–Trinajstić information content (AvgIpc) is 2.36. The minimum atomic E-state index is -0.380. The molecule has 1 aromatic carbocycles. The van der Waals surface area contributed by atoms with Gasteiger partial charge in [-0.05, 0) is 26.0 Å². The Morgan fingerprint density at radius 2 is 2.00 bits per heavy atom. The highest BCUT2D eigenvalue weighted by Crippen LogP contribution is 2.32. The SMILES string of the molecule is COc1c(O)c2ccc(OC(C)C)cc2n(C)c1=O. The fourth-order valence-electron chi connectivity index (χ4n) is 2.00. The molecule has 0 aliphatic rings. The van der Waals surface area contributed by atoms with E-state index in [1.54, 1.807) is 25.2 Å². The first kappa shape index (κ1) is 13.3. The molecule has 5 nitrogen and oxygen atoms in total. The van der Waals surface area contributed by atoms with Crippen LogP contribution in [-0.4, -0.2) is 22.9 Å². The Kier molecular flexibility index (Phi) is 3.38. The summed E-state index contributed by atoms with van der Waals surface area (Å²) in [6.45, 7) is 3.85. The second-order valence-electron chi connectivity index (χ2n) is 4.59. The topological polar surface area (TPSA) is 60.7 Å². The molecule has 0 amide bonds. The predicted molar refractivity (Wildman–Crippen MR) is 73.2 cm³/mol. The van der Waals surface area contributed by atoms with Crippen LogP contribution in [-0.2, 0) is 7.05 Å². The Bertz CT molecular complexity index is 673. The monoisotopic (exact) mass is 263 g/mol. The van der Waals surface area contributed by atoms with E-state index >= 15 is 0 Å². The standard InChI is InChI=1S/C14H17NO4/c1-8(2)19-9-5-6-10-11(7-9)15(3)14(17)13(18-4)12(10)16/h5-8,16H,1-4H3. The zero-order chi connectivity index (χ0) is 14.2. The van der Waals surface area contributed by atoms with Crippen molar-refractivity contribution < 1.29 is 14.6 Å². The van der Waals surface area contributed by atoms with Gasteiger partial charge in [0, 0.05) is 18.5 Å². The first-order chi connectivity index (χ1) is 8.95. The maximum atomic E-state index is 12.0. The third-order valence-corrected chi connectivity index (χ3v) is 2.88. The van der Waals surface area contributed by atoms with Crippen LogP contribution in [0.3, 0.4) is 0 Å². The van der Waals surface area contributed by atoms with Crippen LogP contribution < -0.4 is 15.0 Å². The molecule has 0 saturated heterocycles. The molecule has 0 radical (unpaired) electrons. The number of methoxy groups -OCH3 is 1. The normalized spacial score (nSPS) is 11.0. The lowest BCUT2D eigenvalue weighted by Crippen LogP contribution is -2.19. The first-order valence-electron chi connectivity index (χ1n) is 6.02. The number of benzene rings is 1. The lowest BCUT2D eigenvalue weighted by Gasteiger charge is -2.14. The molecule has 2 aromatic rings. The van der Waals surface area contributed by atoms with Gasteiger partial charge in [0.15, 0.2) is 5.75 Å². The van der Waals surface area contributed by atoms with Crippen molar-refractivity contribution in [3.8, 4) is 17.2 Å². The van der Waals surface area contributed by atoms with E-state index in [-0.39, 0.29) is 23.2 Å². The molecule has 0 spiro atoms. The van der Waals surface area contributed by atoms with Gasteiger partial charge in [0.05, 0.1) is 18.7 Å². The molecule has 5 heteroatoms. The number of rotatable bonds is 3. The van der Waals surface area contributed by atoms with Crippen molar-refractivity contribution in [1.29, 1.82) is 0 Å². The van der Waals surface area contributed by atoms with Crippen molar-refractivity contribution >= 4 is 10.9 Å².